The predicted molar refractivity (Wildman–Crippen MR) is 114 cm³/mol. The van der Waals surface area contributed by atoms with Crippen LogP contribution in [0.25, 0.3) is 5.70 Å². The molecular weight excluding hydrogens is 429 g/mol. The molecule has 2 amide bonds. The zero-order chi connectivity index (χ0) is 22.2. The van der Waals surface area contributed by atoms with Gasteiger partial charge in [-0.2, -0.15) is 13.2 Å². The lowest BCUT2D eigenvalue weighted by atomic mass is 10.1. The van der Waals surface area contributed by atoms with Gasteiger partial charge in [0.25, 0.3) is 0 Å². The van der Waals surface area contributed by atoms with Crippen LogP contribution in [0.2, 0.25) is 0 Å². The number of benzene rings is 1. The average Bonchev–Trinajstić information content (AvgIpc) is 3.19. The molecule has 0 radical (unpaired) electrons. The Hall–Kier alpha value is -2.72. The molecule has 0 saturated carbocycles. The third-order valence-corrected chi connectivity index (χ3v) is 6.37. The van der Waals surface area contributed by atoms with Gasteiger partial charge in [0.15, 0.2) is 0 Å². The molecule has 4 N–H and O–H groups in total. The van der Waals surface area contributed by atoms with E-state index in [2.05, 4.69) is 10.6 Å². The van der Waals surface area contributed by atoms with Crippen LogP contribution in [-0.2, 0) is 12.7 Å². The van der Waals surface area contributed by atoms with E-state index in [1.165, 1.54) is 22.3 Å². The van der Waals surface area contributed by atoms with Gasteiger partial charge in [-0.1, -0.05) is 0 Å². The molecule has 4 rings (SSSR count). The number of carbonyl (C=O) groups excluding carboxylic acids is 1. The topological polar surface area (TPSA) is 79.6 Å². The van der Waals surface area contributed by atoms with Gasteiger partial charge in [-0.25, -0.2) is 4.79 Å². The lowest BCUT2D eigenvalue weighted by Crippen LogP contribution is -2.37. The average molecular weight is 453 g/mol. The number of primary amides is 1. The number of carbonyl (C=O) groups is 1. The van der Waals surface area contributed by atoms with E-state index in [-0.39, 0.29) is 11.9 Å². The molecule has 1 fully saturated rings. The Morgan fingerprint density at radius 1 is 1.35 bits per heavy atom. The number of anilines is 1. The molecule has 1 unspecified atom stereocenters. The summed E-state index contributed by atoms with van der Waals surface area (Å²) < 4.78 is 46.0. The van der Waals surface area contributed by atoms with E-state index in [0.717, 1.165) is 42.0 Å². The molecule has 0 bridgehead atoms. The molecule has 2 aromatic rings. The number of thiophene rings is 1. The van der Waals surface area contributed by atoms with Crippen molar-refractivity contribution >= 4 is 28.8 Å². The fourth-order valence-corrected chi connectivity index (χ4v) is 4.68. The first-order valence-corrected chi connectivity index (χ1v) is 10.8. The number of hydrogen-bond donors (Lipinski definition) is 3. The van der Waals surface area contributed by atoms with Crippen molar-refractivity contribution in [1.29, 1.82) is 0 Å². The van der Waals surface area contributed by atoms with Crippen molar-refractivity contribution in [1.82, 2.24) is 10.2 Å². The Labute approximate surface area is 181 Å². The van der Waals surface area contributed by atoms with Crippen molar-refractivity contribution < 1.29 is 22.7 Å². The van der Waals surface area contributed by atoms with Gasteiger partial charge >= 0.3 is 12.2 Å². The summed E-state index contributed by atoms with van der Waals surface area (Å²) in [5, 5.41) is 8.33. The number of halogens is 3. The Balaban J connectivity index is 1.72. The third-order valence-electron chi connectivity index (χ3n) is 5.46. The second-order valence-corrected chi connectivity index (χ2v) is 8.56. The van der Waals surface area contributed by atoms with Crippen LogP contribution in [0.4, 0.5) is 23.7 Å². The van der Waals surface area contributed by atoms with Crippen molar-refractivity contribution in [2.45, 2.75) is 38.6 Å². The monoisotopic (exact) mass is 452 g/mol. The number of amides is 2. The normalized spacial score (nSPS) is 19.2. The van der Waals surface area contributed by atoms with Crippen LogP contribution in [0.5, 0.6) is 5.75 Å². The maximum Gasteiger partial charge on any atom is 0.416 e. The third kappa shape index (κ3) is 4.49. The smallest absolute Gasteiger partial charge is 0.416 e. The minimum absolute atomic E-state index is 0.122. The molecule has 31 heavy (non-hydrogen) atoms. The molecule has 1 aromatic carbocycles. The summed E-state index contributed by atoms with van der Waals surface area (Å²) in [5.41, 5.74) is 7.27. The Morgan fingerprint density at radius 3 is 2.84 bits per heavy atom. The first kappa shape index (κ1) is 21.5. The lowest BCUT2D eigenvalue weighted by Gasteiger charge is -2.30. The van der Waals surface area contributed by atoms with E-state index in [9.17, 15) is 18.0 Å². The zero-order valence-electron chi connectivity index (χ0n) is 16.9. The summed E-state index contributed by atoms with van der Waals surface area (Å²) >= 11 is 1.49. The van der Waals surface area contributed by atoms with Crippen LogP contribution >= 0.6 is 11.3 Å². The van der Waals surface area contributed by atoms with Gasteiger partial charge < -0.3 is 21.1 Å². The number of piperidine rings is 1. The number of nitrogens with zero attached hydrogens (tertiary/aromatic N) is 1. The summed E-state index contributed by atoms with van der Waals surface area (Å²) in [6.07, 6.45) is -3.06. The number of allylic oxidation sites excluding steroid dienone is 1. The number of hydrogen-bond acceptors (Lipinski definition) is 5. The minimum Gasteiger partial charge on any atom is -0.487 e. The standard InChI is InChI=1S/C21H23F3N4O2S/c1-12-19(15-6-8-31-18(15)11-28(12)20(25)29)27-16-5-4-13(21(22,23)24)9-17(16)30-14-3-2-7-26-10-14/h4-6,8-9,14,26-27H,2-3,7,10-11H2,1H3,(H2,25,29). The van der Waals surface area contributed by atoms with Gasteiger partial charge in [0, 0.05) is 22.7 Å². The number of fused-ring (bicyclic) bond motifs is 1. The van der Waals surface area contributed by atoms with E-state index in [4.69, 9.17) is 10.5 Å². The van der Waals surface area contributed by atoms with E-state index >= 15 is 0 Å². The summed E-state index contributed by atoms with van der Waals surface area (Å²) in [7, 11) is 0. The van der Waals surface area contributed by atoms with Crippen LogP contribution in [0.15, 0.2) is 35.3 Å². The maximum absolute atomic E-state index is 13.3. The van der Waals surface area contributed by atoms with Crippen LogP contribution in [0.1, 0.15) is 35.8 Å². The largest absolute Gasteiger partial charge is 0.487 e. The fraction of sp³-hybridized carbons (Fsp3) is 0.381. The first-order chi connectivity index (χ1) is 14.7. The molecular formula is C21H23F3N4O2S. The molecule has 1 saturated heterocycles. The van der Waals surface area contributed by atoms with Gasteiger partial charge in [0.05, 0.1) is 23.5 Å². The summed E-state index contributed by atoms with van der Waals surface area (Å²) in [6.45, 7) is 3.55. The summed E-state index contributed by atoms with van der Waals surface area (Å²) in [4.78, 5) is 14.3. The zero-order valence-corrected chi connectivity index (χ0v) is 17.7. The van der Waals surface area contributed by atoms with Gasteiger partial charge in [-0.3, -0.25) is 4.90 Å². The first-order valence-electron chi connectivity index (χ1n) is 9.94. The van der Waals surface area contributed by atoms with Crippen molar-refractivity contribution in [3.8, 4) is 5.75 Å². The predicted octanol–water partition coefficient (Wildman–Crippen LogP) is 4.59. The van der Waals surface area contributed by atoms with Crippen molar-refractivity contribution in [3.63, 3.8) is 0 Å². The number of nitrogens with two attached hydrogens (primary N) is 1. The number of nitrogens with one attached hydrogen (secondary N) is 2. The van der Waals surface area contributed by atoms with E-state index in [0.29, 0.717) is 30.2 Å². The SMILES string of the molecule is CC1=C(Nc2ccc(C(F)(F)F)cc2OC2CCCNC2)c2ccsc2CN1C(N)=O. The van der Waals surface area contributed by atoms with Gasteiger partial charge in [0.1, 0.15) is 11.9 Å². The quantitative estimate of drug-likeness (QED) is 0.634. The number of rotatable bonds is 4. The molecule has 2 aliphatic rings. The van der Waals surface area contributed by atoms with Gasteiger partial charge in [-0.15, -0.1) is 11.3 Å². The minimum atomic E-state index is -4.48. The van der Waals surface area contributed by atoms with Crippen molar-refractivity contribution in [2.24, 2.45) is 5.73 Å². The van der Waals surface area contributed by atoms with Gasteiger partial charge in [0.2, 0.25) is 0 Å². The Morgan fingerprint density at radius 2 is 2.16 bits per heavy atom. The van der Waals surface area contributed by atoms with Crippen LogP contribution in [-0.4, -0.2) is 30.1 Å². The number of alkyl halides is 3. The van der Waals surface area contributed by atoms with Crippen LogP contribution in [0, 0.1) is 0 Å². The Kier molecular flexibility index (Phi) is 5.85. The van der Waals surface area contributed by atoms with Crippen LogP contribution < -0.4 is 21.1 Å². The second-order valence-electron chi connectivity index (χ2n) is 7.56. The molecule has 0 spiro atoms. The van der Waals surface area contributed by atoms with E-state index in [1.54, 1.807) is 6.92 Å². The van der Waals surface area contributed by atoms with Gasteiger partial charge in [-0.05, 0) is 56.0 Å². The second kappa shape index (κ2) is 8.43. The molecule has 6 nitrogen and oxygen atoms in total. The molecule has 1 aromatic heterocycles. The Bertz CT molecular complexity index is 1010. The lowest BCUT2D eigenvalue weighted by molar-refractivity contribution is -0.137. The maximum atomic E-state index is 13.3. The number of urea groups is 1. The molecule has 166 valence electrons. The molecule has 10 heteroatoms. The fourth-order valence-electron chi connectivity index (χ4n) is 3.81. The highest BCUT2D eigenvalue weighted by atomic mass is 32.1. The van der Waals surface area contributed by atoms with Crippen LogP contribution in [0.3, 0.4) is 0 Å². The molecule has 0 aliphatic carbocycles. The highest BCUT2D eigenvalue weighted by Crippen LogP contribution is 2.40. The summed E-state index contributed by atoms with van der Waals surface area (Å²) in [5.74, 6) is 0.122. The molecule has 2 aliphatic heterocycles. The van der Waals surface area contributed by atoms with Crippen molar-refractivity contribution in [2.75, 3.05) is 18.4 Å². The van der Waals surface area contributed by atoms with E-state index < -0.39 is 17.8 Å². The molecule has 1 atom stereocenters. The highest BCUT2D eigenvalue weighted by Gasteiger charge is 2.32. The summed E-state index contributed by atoms with van der Waals surface area (Å²) in [6, 6.07) is 4.74. The van der Waals surface area contributed by atoms with Crippen molar-refractivity contribution in [3.05, 3.63) is 51.3 Å². The van der Waals surface area contributed by atoms with E-state index in [1.807, 2.05) is 11.4 Å². The number of ether oxygens (including phenoxy) is 1. The highest BCUT2D eigenvalue weighted by molar-refractivity contribution is 7.10. The molecule has 3 heterocycles.